The Hall–Kier alpha value is -1.03. The predicted molar refractivity (Wildman–Crippen MR) is 62.2 cm³/mol. The van der Waals surface area contributed by atoms with Crippen molar-refractivity contribution in [1.82, 2.24) is 4.57 Å². The minimum atomic E-state index is -0.148. The Morgan fingerprint density at radius 2 is 2.29 bits per heavy atom. The van der Waals surface area contributed by atoms with Gasteiger partial charge in [0.05, 0.1) is 10.2 Å². The van der Waals surface area contributed by atoms with Gasteiger partial charge in [0.15, 0.2) is 0 Å². The number of unbranched alkanes of at least 4 members (excludes halogenated alkanes) is 1. The summed E-state index contributed by atoms with van der Waals surface area (Å²) in [6, 6.07) is 0. The number of pyridine rings is 1. The SMILES string of the molecule is C=CCCCn1cc(N)c(=O)c(Br)c1. The van der Waals surface area contributed by atoms with E-state index < -0.39 is 0 Å². The molecule has 0 amide bonds. The lowest BCUT2D eigenvalue weighted by molar-refractivity contribution is 0.645. The standard InChI is InChI=1S/C10H13BrN2O/c1-2-3-4-5-13-6-8(11)10(14)9(12)7-13/h2,6-7H,1,3-5,12H2. The molecule has 0 atom stereocenters. The Morgan fingerprint density at radius 1 is 1.57 bits per heavy atom. The summed E-state index contributed by atoms with van der Waals surface area (Å²) in [6.45, 7) is 4.49. The molecule has 76 valence electrons. The molecule has 0 saturated heterocycles. The summed E-state index contributed by atoms with van der Waals surface area (Å²) in [5, 5.41) is 0. The predicted octanol–water partition coefficient (Wildman–Crippen LogP) is 2.16. The topological polar surface area (TPSA) is 48.0 Å². The van der Waals surface area contributed by atoms with E-state index in [0.29, 0.717) is 4.47 Å². The van der Waals surface area contributed by atoms with Gasteiger partial charge in [0.1, 0.15) is 0 Å². The highest BCUT2D eigenvalue weighted by Gasteiger charge is 2.01. The first-order chi connectivity index (χ1) is 6.65. The first-order valence-corrected chi connectivity index (χ1v) is 5.20. The Bertz CT molecular complexity index is 358. The summed E-state index contributed by atoms with van der Waals surface area (Å²) in [6.07, 6.45) is 7.25. The van der Waals surface area contributed by atoms with Gasteiger partial charge >= 0.3 is 0 Å². The van der Waals surface area contributed by atoms with Crippen LogP contribution in [0.4, 0.5) is 5.69 Å². The lowest BCUT2D eigenvalue weighted by Gasteiger charge is -2.06. The number of aromatic nitrogens is 1. The van der Waals surface area contributed by atoms with Crippen molar-refractivity contribution in [3.8, 4) is 0 Å². The average molecular weight is 257 g/mol. The Morgan fingerprint density at radius 3 is 2.86 bits per heavy atom. The highest BCUT2D eigenvalue weighted by Crippen LogP contribution is 2.07. The molecule has 3 nitrogen and oxygen atoms in total. The number of aryl methyl sites for hydroxylation is 1. The highest BCUT2D eigenvalue weighted by molar-refractivity contribution is 9.10. The van der Waals surface area contributed by atoms with E-state index >= 15 is 0 Å². The van der Waals surface area contributed by atoms with E-state index in [1.807, 2.05) is 10.6 Å². The van der Waals surface area contributed by atoms with Crippen LogP contribution in [-0.4, -0.2) is 4.57 Å². The van der Waals surface area contributed by atoms with Crippen molar-refractivity contribution in [1.29, 1.82) is 0 Å². The van der Waals surface area contributed by atoms with Crippen LogP contribution in [0.3, 0.4) is 0 Å². The van der Waals surface area contributed by atoms with Crippen LogP contribution >= 0.6 is 15.9 Å². The Labute approximate surface area is 91.4 Å². The number of nitrogen functional groups attached to an aromatic ring is 1. The summed E-state index contributed by atoms with van der Waals surface area (Å²) in [5.74, 6) is 0. The molecule has 0 bridgehead atoms. The lowest BCUT2D eigenvalue weighted by Crippen LogP contribution is -2.13. The van der Waals surface area contributed by atoms with E-state index in [9.17, 15) is 4.79 Å². The smallest absolute Gasteiger partial charge is 0.218 e. The van der Waals surface area contributed by atoms with Gasteiger partial charge in [-0.3, -0.25) is 4.79 Å². The maximum Gasteiger partial charge on any atom is 0.218 e. The van der Waals surface area contributed by atoms with Crippen LogP contribution in [0.1, 0.15) is 12.8 Å². The second kappa shape index (κ2) is 5.00. The molecular formula is C10H13BrN2O. The monoisotopic (exact) mass is 256 g/mol. The maximum absolute atomic E-state index is 11.2. The molecule has 1 heterocycles. The van der Waals surface area contributed by atoms with Crippen LogP contribution in [0.5, 0.6) is 0 Å². The van der Waals surface area contributed by atoms with Gasteiger partial charge in [-0.15, -0.1) is 6.58 Å². The van der Waals surface area contributed by atoms with Crippen molar-refractivity contribution in [2.75, 3.05) is 5.73 Å². The van der Waals surface area contributed by atoms with Gasteiger partial charge in [-0.1, -0.05) is 6.08 Å². The third-order valence-electron chi connectivity index (χ3n) is 1.89. The largest absolute Gasteiger partial charge is 0.394 e. The second-order valence-electron chi connectivity index (χ2n) is 3.06. The van der Waals surface area contributed by atoms with Crippen LogP contribution < -0.4 is 11.2 Å². The summed E-state index contributed by atoms with van der Waals surface area (Å²) in [7, 11) is 0. The molecule has 2 N–H and O–H groups in total. The number of nitrogens with two attached hydrogens (primary N) is 1. The van der Waals surface area contributed by atoms with Crippen molar-refractivity contribution in [3.63, 3.8) is 0 Å². The van der Waals surface area contributed by atoms with Gasteiger partial charge in [-0.05, 0) is 28.8 Å². The average Bonchev–Trinajstić information content (AvgIpc) is 2.14. The van der Waals surface area contributed by atoms with Crippen LogP contribution in [0.2, 0.25) is 0 Å². The number of anilines is 1. The summed E-state index contributed by atoms with van der Waals surface area (Å²) < 4.78 is 2.42. The zero-order valence-corrected chi connectivity index (χ0v) is 9.46. The first-order valence-electron chi connectivity index (χ1n) is 4.41. The van der Waals surface area contributed by atoms with Crippen molar-refractivity contribution < 1.29 is 0 Å². The number of halogens is 1. The molecule has 0 aliphatic carbocycles. The van der Waals surface area contributed by atoms with Gasteiger partial charge in [0.25, 0.3) is 0 Å². The van der Waals surface area contributed by atoms with E-state index in [0.717, 1.165) is 19.4 Å². The summed E-state index contributed by atoms with van der Waals surface area (Å²) in [5.41, 5.74) is 5.67. The van der Waals surface area contributed by atoms with Gasteiger partial charge in [-0.25, -0.2) is 0 Å². The Kier molecular flexibility index (Phi) is 3.95. The molecule has 1 aromatic heterocycles. The molecule has 0 radical (unpaired) electrons. The molecule has 0 aliphatic rings. The minimum absolute atomic E-state index is 0.148. The minimum Gasteiger partial charge on any atom is -0.394 e. The van der Waals surface area contributed by atoms with Gasteiger partial charge in [0, 0.05) is 18.9 Å². The van der Waals surface area contributed by atoms with Gasteiger partial charge in [-0.2, -0.15) is 0 Å². The van der Waals surface area contributed by atoms with Crippen LogP contribution in [0, 0.1) is 0 Å². The van der Waals surface area contributed by atoms with Gasteiger partial charge in [0.2, 0.25) is 5.43 Å². The zero-order valence-electron chi connectivity index (χ0n) is 7.87. The highest BCUT2D eigenvalue weighted by atomic mass is 79.9. The van der Waals surface area contributed by atoms with Crippen LogP contribution in [-0.2, 0) is 6.54 Å². The molecule has 0 saturated carbocycles. The molecular weight excluding hydrogens is 244 g/mol. The number of allylic oxidation sites excluding steroid dienone is 1. The maximum atomic E-state index is 11.2. The number of hydrogen-bond donors (Lipinski definition) is 1. The fourth-order valence-electron chi connectivity index (χ4n) is 1.16. The van der Waals surface area contributed by atoms with E-state index in [1.165, 1.54) is 0 Å². The van der Waals surface area contributed by atoms with E-state index in [-0.39, 0.29) is 11.1 Å². The van der Waals surface area contributed by atoms with E-state index in [1.54, 1.807) is 12.4 Å². The quantitative estimate of drug-likeness (QED) is 0.663. The fraction of sp³-hybridized carbons (Fsp3) is 0.300. The van der Waals surface area contributed by atoms with E-state index in [2.05, 4.69) is 22.5 Å². The van der Waals surface area contributed by atoms with Crippen LogP contribution in [0.25, 0.3) is 0 Å². The van der Waals surface area contributed by atoms with Crippen molar-refractivity contribution >= 4 is 21.6 Å². The van der Waals surface area contributed by atoms with Crippen molar-refractivity contribution in [3.05, 3.63) is 39.7 Å². The van der Waals surface area contributed by atoms with Gasteiger partial charge < -0.3 is 10.3 Å². The molecule has 4 heteroatoms. The molecule has 1 rings (SSSR count). The fourth-order valence-corrected chi connectivity index (χ4v) is 1.66. The van der Waals surface area contributed by atoms with Crippen molar-refractivity contribution in [2.24, 2.45) is 0 Å². The van der Waals surface area contributed by atoms with E-state index in [4.69, 9.17) is 5.73 Å². The number of nitrogens with zero attached hydrogens (tertiary/aromatic N) is 1. The molecule has 0 aromatic carbocycles. The van der Waals surface area contributed by atoms with Crippen molar-refractivity contribution in [2.45, 2.75) is 19.4 Å². The molecule has 14 heavy (non-hydrogen) atoms. The number of hydrogen-bond acceptors (Lipinski definition) is 2. The molecule has 0 spiro atoms. The Balaban J connectivity index is 2.79. The molecule has 0 fully saturated rings. The third kappa shape index (κ3) is 2.73. The molecule has 0 unspecified atom stereocenters. The number of rotatable bonds is 4. The van der Waals surface area contributed by atoms with Crippen LogP contribution in [0.15, 0.2) is 34.3 Å². The zero-order chi connectivity index (χ0) is 10.6. The molecule has 0 aliphatic heterocycles. The lowest BCUT2D eigenvalue weighted by atomic mass is 10.3. The molecule has 1 aromatic rings. The normalized spacial score (nSPS) is 10.1. The summed E-state index contributed by atoms with van der Waals surface area (Å²) in [4.78, 5) is 11.2. The summed E-state index contributed by atoms with van der Waals surface area (Å²) >= 11 is 3.17. The third-order valence-corrected chi connectivity index (χ3v) is 2.45. The second-order valence-corrected chi connectivity index (χ2v) is 3.91. The first kappa shape index (κ1) is 11.0.